The number of hydrogen-bond acceptors (Lipinski definition) is 4. The first-order chi connectivity index (χ1) is 12.6. The molecule has 0 radical (unpaired) electrons. The lowest BCUT2D eigenvalue weighted by molar-refractivity contribution is 0.0796. The maximum absolute atomic E-state index is 12.6. The van der Waals surface area contributed by atoms with Crippen molar-refractivity contribution in [3.63, 3.8) is 0 Å². The number of benzene rings is 1. The van der Waals surface area contributed by atoms with Crippen molar-refractivity contribution in [1.82, 2.24) is 9.88 Å². The Kier molecular flexibility index (Phi) is 5.76. The number of nitrogens with zero attached hydrogens (tertiary/aromatic N) is 2. The molecule has 0 atom stereocenters. The maximum Gasteiger partial charge on any atom is 0.265 e. The van der Waals surface area contributed by atoms with Crippen molar-refractivity contribution in [3.05, 3.63) is 82.3 Å². The average Bonchev–Trinajstić information content (AvgIpc) is 3.21. The smallest absolute Gasteiger partial charge is 0.265 e. The van der Waals surface area contributed by atoms with Crippen molar-refractivity contribution < 1.29 is 9.59 Å². The van der Waals surface area contributed by atoms with Crippen molar-refractivity contribution >= 4 is 28.8 Å². The summed E-state index contributed by atoms with van der Waals surface area (Å²) in [6.07, 6.45) is 2.44. The van der Waals surface area contributed by atoms with Crippen LogP contribution in [0.15, 0.2) is 66.2 Å². The van der Waals surface area contributed by atoms with Gasteiger partial charge in [-0.3, -0.25) is 14.6 Å². The minimum atomic E-state index is -0.173. The maximum atomic E-state index is 12.6. The molecule has 0 bridgehead atoms. The average molecular weight is 365 g/mol. The van der Waals surface area contributed by atoms with Gasteiger partial charge in [-0.25, -0.2) is 0 Å². The lowest BCUT2D eigenvalue weighted by atomic mass is 10.1. The Hall–Kier alpha value is -2.99. The van der Waals surface area contributed by atoms with E-state index in [0.717, 1.165) is 5.69 Å². The Labute approximate surface area is 156 Å². The Bertz CT molecular complexity index is 879. The zero-order chi connectivity index (χ0) is 18.4. The number of rotatable bonds is 6. The summed E-state index contributed by atoms with van der Waals surface area (Å²) in [5.74, 6) is -0.263. The molecular formula is C20H19N3O2S. The fourth-order valence-corrected chi connectivity index (χ4v) is 3.10. The second-order valence-electron chi connectivity index (χ2n) is 5.81. The van der Waals surface area contributed by atoms with Gasteiger partial charge in [-0.2, -0.15) is 0 Å². The summed E-state index contributed by atoms with van der Waals surface area (Å²) >= 11 is 1.38. The summed E-state index contributed by atoms with van der Waals surface area (Å²) in [6, 6.07) is 16.3. The van der Waals surface area contributed by atoms with Crippen LogP contribution in [0, 0.1) is 0 Å². The number of nitrogens with one attached hydrogen (secondary N) is 1. The second kappa shape index (κ2) is 8.40. The van der Waals surface area contributed by atoms with Gasteiger partial charge in [0.05, 0.1) is 4.88 Å². The molecule has 1 aromatic carbocycles. The molecule has 26 heavy (non-hydrogen) atoms. The van der Waals surface area contributed by atoms with E-state index < -0.39 is 0 Å². The standard InChI is InChI=1S/C20H19N3O2S/c1-23(12-10-16-7-2-3-11-21-16)20(25)15-6-4-8-17(14-15)22-19(24)18-9-5-13-26-18/h2-9,11,13-14H,10,12H2,1H3,(H,22,24). The van der Waals surface area contributed by atoms with Crippen molar-refractivity contribution in [1.29, 1.82) is 0 Å². The monoisotopic (exact) mass is 365 g/mol. The van der Waals surface area contributed by atoms with Crippen molar-refractivity contribution in [3.8, 4) is 0 Å². The van der Waals surface area contributed by atoms with E-state index in [1.807, 2.05) is 29.6 Å². The Morgan fingerprint density at radius 1 is 1.12 bits per heavy atom. The number of likely N-dealkylation sites (N-methyl/N-ethyl adjacent to an activating group) is 1. The molecular weight excluding hydrogens is 346 g/mol. The predicted octanol–water partition coefficient (Wildman–Crippen LogP) is 3.71. The van der Waals surface area contributed by atoms with Crippen molar-refractivity contribution in [2.75, 3.05) is 18.9 Å². The third-order valence-corrected chi connectivity index (χ3v) is 4.76. The molecule has 0 aliphatic heterocycles. The summed E-state index contributed by atoms with van der Waals surface area (Å²) in [6.45, 7) is 0.571. The summed E-state index contributed by atoms with van der Waals surface area (Å²) in [4.78, 5) is 31.3. The number of anilines is 1. The number of thiophene rings is 1. The number of pyridine rings is 1. The van der Waals surface area contributed by atoms with Gasteiger partial charge >= 0.3 is 0 Å². The van der Waals surface area contributed by atoms with Gasteiger partial charge in [0, 0.05) is 43.2 Å². The minimum Gasteiger partial charge on any atom is -0.341 e. The molecule has 3 rings (SSSR count). The summed E-state index contributed by atoms with van der Waals surface area (Å²) in [7, 11) is 1.77. The van der Waals surface area contributed by atoms with E-state index in [-0.39, 0.29) is 11.8 Å². The van der Waals surface area contributed by atoms with Gasteiger partial charge in [-0.15, -0.1) is 11.3 Å². The largest absolute Gasteiger partial charge is 0.341 e. The van der Waals surface area contributed by atoms with Crippen molar-refractivity contribution in [2.24, 2.45) is 0 Å². The molecule has 1 N–H and O–H groups in total. The molecule has 5 nitrogen and oxygen atoms in total. The molecule has 0 saturated heterocycles. The Morgan fingerprint density at radius 2 is 2.00 bits per heavy atom. The van der Waals surface area contributed by atoms with Gasteiger partial charge < -0.3 is 10.2 Å². The van der Waals surface area contributed by atoms with Crippen LogP contribution in [0.5, 0.6) is 0 Å². The van der Waals surface area contributed by atoms with E-state index in [0.29, 0.717) is 29.1 Å². The van der Waals surface area contributed by atoms with Gasteiger partial charge in [-0.05, 0) is 41.8 Å². The van der Waals surface area contributed by atoms with E-state index >= 15 is 0 Å². The third kappa shape index (κ3) is 4.55. The zero-order valence-corrected chi connectivity index (χ0v) is 15.2. The number of amides is 2. The first kappa shape index (κ1) is 17.8. The van der Waals surface area contributed by atoms with E-state index in [9.17, 15) is 9.59 Å². The number of carbonyl (C=O) groups excluding carboxylic acids is 2. The first-order valence-electron chi connectivity index (χ1n) is 8.24. The molecule has 2 aromatic heterocycles. The number of carbonyl (C=O) groups is 2. The number of hydrogen-bond donors (Lipinski definition) is 1. The SMILES string of the molecule is CN(CCc1ccccn1)C(=O)c1cccc(NC(=O)c2cccs2)c1. The van der Waals surface area contributed by atoms with Crippen LogP contribution in [0.1, 0.15) is 25.7 Å². The van der Waals surface area contributed by atoms with Crippen LogP contribution in [0.25, 0.3) is 0 Å². The van der Waals surface area contributed by atoms with Crippen LogP contribution in [-0.4, -0.2) is 35.3 Å². The highest BCUT2D eigenvalue weighted by molar-refractivity contribution is 7.12. The highest BCUT2D eigenvalue weighted by Crippen LogP contribution is 2.16. The van der Waals surface area contributed by atoms with Crippen LogP contribution >= 0.6 is 11.3 Å². The van der Waals surface area contributed by atoms with E-state index in [2.05, 4.69) is 10.3 Å². The molecule has 132 valence electrons. The minimum absolute atomic E-state index is 0.0897. The quantitative estimate of drug-likeness (QED) is 0.724. The molecule has 3 aromatic rings. The summed E-state index contributed by atoms with van der Waals surface area (Å²) in [5.41, 5.74) is 2.09. The predicted molar refractivity (Wildman–Crippen MR) is 104 cm³/mol. The van der Waals surface area contributed by atoms with Gasteiger partial charge in [-0.1, -0.05) is 18.2 Å². The van der Waals surface area contributed by atoms with Crippen LogP contribution in [-0.2, 0) is 6.42 Å². The molecule has 0 spiro atoms. The van der Waals surface area contributed by atoms with Crippen LogP contribution in [0.4, 0.5) is 5.69 Å². The Balaban J connectivity index is 1.63. The van der Waals surface area contributed by atoms with Crippen LogP contribution < -0.4 is 5.32 Å². The van der Waals surface area contributed by atoms with E-state index in [1.165, 1.54) is 11.3 Å². The van der Waals surface area contributed by atoms with E-state index in [1.54, 1.807) is 48.5 Å². The summed E-state index contributed by atoms with van der Waals surface area (Å²) in [5, 5.41) is 4.68. The Morgan fingerprint density at radius 3 is 2.73 bits per heavy atom. The topological polar surface area (TPSA) is 62.3 Å². The molecule has 2 heterocycles. The lowest BCUT2D eigenvalue weighted by Gasteiger charge is -2.17. The van der Waals surface area contributed by atoms with Gasteiger partial charge in [0.1, 0.15) is 0 Å². The normalized spacial score (nSPS) is 10.3. The van der Waals surface area contributed by atoms with Crippen molar-refractivity contribution in [2.45, 2.75) is 6.42 Å². The third-order valence-electron chi connectivity index (χ3n) is 3.89. The molecule has 0 aliphatic carbocycles. The molecule has 6 heteroatoms. The highest BCUT2D eigenvalue weighted by atomic mass is 32.1. The van der Waals surface area contributed by atoms with Gasteiger partial charge in [0.2, 0.25) is 0 Å². The van der Waals surface area contributed by atoms with Crippen LogP contribution in [0.3, 0.4) is 0 Å². The van der Waals surface area contributed by atoms with Gasteiger partial charge in [0.15, 0.2) is 0 Å². The van der Waals surface area contributed by atoms with Crippen LogP contribution in [0.2, 0.25) is 0 Å². The fourth-order valence-electron chi connectivity index (χ4n) is 2.48. The fraction of sp³-hybridized carbons (Fsp3) is 0.150. The second-order valence-corrected chi connectivity index (χ2v) is 6.76. The first-order valence-corrected chi connectivity index (χ1v) is 9.12. The highest BCUT2D eigenvalue weighted by Gasteiger charge is 2.13. The zero-order valence-electron chi connectivity index (χ0n) is 14.4. The van der Waals surface area contributed by atoms with E-state index in [4.69, 9.17) is 0 Å². The molecule has 0 unspecified atom stereocenters. The molecule has 2 amide bonds. The molecule has 0 aliphatic rings. The summed E-state index contributed by atoms with van der Waals surface area (Å²) < 4.78 is 0. The molecule has 0 fully saturated rings. The lowest BCUT2D eigenvalue weighted by Crippen LogP contribution is -2.29. The van der Waals surface area contributed by atoms with Gasteiger partial charge in [0.25, 0.3) is 11.8 Å². The number of aromatic nitrogens is 1. The molecule has 0 saturated carbocycles.